The van der Waals surface area contributed by atoms with Gasteiger partial charge in [-0.2, -0.15) is 0 Å². The Balaban J connectivity index is 1.73. The number of rotatable bonds is 0. The molecule has 0 saturated heterocycles. The van der Waals surface area contributed by atoms with Gasteiger partial charge in [-0.15, -0.1) is 0 Å². The van der Waals surface area contributed by atoms with Gasteiger partial charge >= 0.3 is 0 Å². The van der Waals surface area contributed by atoms with Gasteiger partial charge in [0, 0.05) is 30.6 Å². The Kier molecular flexibility index (Phi) is 1.92. The molecule has 96 valence electrons. The third-order valence-corrected chi connectivity index (χ3v) is 5.62. The van der Waals surface area contributed by atoms with Crippen LogP contribution < -0.4 is 4.90 Å². The van der Waals surface area contributed by atoms with Crippen LogP contribution in [0.25, 0.3) is 0 Å². The summed E-state index contributed by atoms with van der Waals surface area (Å²) in [6, 6.07) is 7.03. The molecular weight excluding hydrogens is 230 g/mol. The Morgan fingerprint density at radius 3 is 2.00 bits per heavy atom. The van der Waals surface area contributed by atoms with Crippen LogP contribution in [0.4, 0.5) is 5.69 Å². The lowest BCUT2D eigenvalue weighted by Gasteiger charge is -2.46. The number of nitrogens with zero attached hydrogens (tertiary/aromatic N) is 1. The first-order chi connectivity index (χ1) is 9.42. The van der Waals surface area contributed by atoms with Crippen LogP contribution in [0.15, 0.2) is 42.5 Å². The van der Waals surface area contributed by atoms with E-state index in [1.807, 2.05) is 0 Å². The Bertz CT molecular complexity index is 549. The van der Waals surface area contributed by atoms with Gasteiger partial charge in [0.25, 0.3) is 0 Å². The fourth-order valence-electron chi connectivity index (χ4n) is 4.81. The zero-order valence-electron chi connectivity index (χ0n) is 11.1. The number of hydrogen-bond acceptors (Lipinski definition) is 1. The molecule has 2 aliphatic heterocycles. The van der Waals surface area contributed by atoms with Crippen LogP contribution >= 0.6 is 0 Å². The van der Waals surface area contributed by atoms with Gasteiger partial charge in [0.1, 0.15) is 0 Å². The van der Waals surface area contributed by atoms with Gasteiger partial charge in [0.2, 0.25) is 0 Å². The first kappa shape index (κ1) is 10.3. The van der Waals surface area contributed by atoms with Crippen molar-refractivity contribution in [2.75, 3.05) is 18.0 Å². The minimum Gasteiger partial charge on any atom is -0.370 e. The summed E-state index contributed by atoms with van der Waals surface area (Å²) >= 11 is 0. The molecule has 1 aromatic rings. The molecule has 0 fully saturated rings. The van der Waals surface area contributed by atoms with Gasteiger partial charge in [-0.3, -0.25) is 0 Å². The molecular formula is C18H19N. The third-order valence-electron chi connectivity index (χ3n) is 5.62. The topological polar surface area (TPSA) is 3.24 Å². The summed E-state index contributed by atoms with van der Waals surface area (Å²) < 4.78 is 0. The first-order valence-corrected chi connectivity index (χ1v) is 7.63. The van der Waals surface area contributed by atoms with Gasteiger partial charge in [-0.05, 0) is 35.8 Å². The van der Waals surface area contributed by atoms with Crippen molar-refractivity contribution < 1.29 is 0 Å². The van der Waals surface area contributed by atoms with Crippen LogP contribution in [-0.2, 0) is 0 Å². The maximum Gasteiger partial charge on any atom is 0.0443 e. The number of benzene rings is 1. The van der Waals surface area contributed by atoms with Crippen molar-refractivity contribution in [3.8, 4) is 0 Å². The molecule has 1 aromatic carbocycles. The lowest BCUT2D eigenvalue weighted by Crippen LogP contribution is -2.43. The lowest BCUT2D eigenvalue weighted by molar-refractivity contribution is 0.410. The van der Waals surface area contributed by atoms with Crippen LogP contribution in [0.5, 0.6) is 0 Å². The largest absolute Gasteiger partial charge is 0.370 e. The molecule has 0 radical (unpaired) electrons. The summed E-state index contributed by atoms with van der Waals surface area (Å²) in [6.45, 7) is 2.54. The highest BCUT2D eigenvalue weighted by Gasteiger charge is 2.41. The summed E-state index contributed by atoms with van der Waals surface area (Å²) in [7, 11) is 0. The second-order valence-electron chi connectivity index (χ2n) is 6.59. The van der Waals surface area contributed by atoms with Gasteiger partial charge in [0.05, 0.1) is 0 Å². The summed E-state index contributed by atoms with van der Waals surface area (Å²) in [5.41, 5.74) is 4.78. The molecule has 0 saturated carbocycles. The maximum atomic E-state index is 2.70. The zero-order valence-corrected chi connectivity index (χ0v) is 11.1. The van der Waals surface area contributed by atoms with Crippen LogP contribution in [0.3, 0.4) is 0 Å². The minimum absolute atomic E-state index is 0.688. The predicted molar refractivity (Wildman–Crippen MR) is 78.6 cm³/mol. The van der Waals surface area contributed by atoms with Crippen molar-refractivity contribution in [2.24, 2.45) is 11.8 Å². The van der Waals surface area contributed by atoms with E-state index >= 15 is 0 Å². The van der Waals surface area contributed by atoms with Gasteiger partial charge < -0.3 is 4.90 Å². The van der Waals surface area contributed by atoms with Crippen LogP contribution in [-0.4, -0.2) is 13.1 Å². The Labute approximate surface area is 114 Å². The molecule has 5 rings (SSSR count). The number of allylic oxidation sites excluding steroid dienone is 4. The van der Waals surface area contributed by atoms with E-state index in [9.17, 15) is 0 Å². The van der Waals surface area contributed by atoms with Crippen molar-refractivity contribution in [1.29, 1.82) is 0 Å². The molecule has 4 aliphatic rings. The highest BCUT2D eigenvalue weighted by atomic mass is 15.2. The highest BCUT2D eigenvalue weighted by molar-refractivity contribution is 5.68. The number of anilines is 1. The highest BCUT2D eigenvalue weighted by Crippen LogP contribution is 2.52. The molecule has 0 N–H and O–H groups in total. The van der Waals surface area contributed by atoms with Crippen LogP contribution in [0, 0.1) is 11.8 Å². The molecule has 4 atom stereocenters. The Hall–Kier alpha value is -1.50. The zero-order chi connectivity index (χ0) is 12.4. The molecule has 2 heterocycles. The van der Waals surface area contributed by atoms with E-state index in [2.05, 4.69) is 47.4 Å². The molecule has 0 amide bonds. The van der Waals surface area contributed by atoms with Crippen molar-refractivity contribution in [3.63, 3.8) is 0 Å². The SMILES string of the molecule is C1=C[C@@H]2c3cccc4c3N(C[C@@H]2C1)C[C@H]1CC=C[C@@H]41. The standard InChI is InChI=1S/C18H19N/c1-4-12-10-19-11-13-5-2-7-15(13)17-9-3-8-16(18(17)19)14(12)6-1/h1-3,6-9,12-15H,4-5,10-11H2/t12-,13+,14-,15+. The third kappa shape index (κ3) is 1.26. The van der Waals surface area contributed by atoms with Gasteiger partial charge in [-0.25, -0.2) is 0 Å². The second kappa shape index (κ2) is 3.53. The average molecular weight is 249 g/mol. The van der Waals surface area contributed by atoms with Gasteiger partial charge in [0.15, 0.2) is 0 Å². The maximum absolute atomic E-state index is 2.70. The molecule has 0 spiro atoms. The van der Waals surface area contributed by atoms with E-state index in [-0.39, 0.29) is 0 Å². The molecule has 0 unspecified atom stereocenters. The van der Waals surface area contributed by atoms with Crippen molar-refractivity contribution >= 4 is 5.69 Å². The summed E-state index contributed by atoms with van der Waals surface area (Å²) in [5.74, 6) is 3.03. The molecule has 0 aromatic heterocycles. The van der Waals surface area contributed by atoms with E-state index in [1.165, 1.54) is 25.9 Å². The smallest absolute Gasteiger partial charge is 0.0443 e. The second-order valence-corrected chi connectivity index (χ2v) is 6.59. The van der Waals surface area contributed by atoms with E-state index in [4.69, 9.17) is 0 Å². The lowest BCUT2D eigenvalue weighted by atomic mass is 9.75. The van der Waals surface area contributed by atoms with E-state index in [1.54, 1.807) is 16.8 Å². The predicted octanol–water partition coefficient (Wildman–Crippen LogP) is 3.84. The van der Waals surface area contributed by atoms with Crippen LogP contribution in [0.2, 0.25) is 0 Å². The number of fused-ring (bicyclic) bond motifs is 4. The van der Waals surface area contributed by atoms with Crippen molar-refractivity contribution in [2.45, 2.75) is 24.7 Å². The summed E-state index contributed by atoms with van der Waals surface area (Å²) in [6.07, 6.45) is 12.2. The van der Waals surface area contributed by atoms with Crippen molar-refractivity contribution in [3.05, 3.63) is 53.6 Å². The molecule has 0 bridgehead atoms. The quantitative estimate of drug-likeness (QED) is 0.631. The van der Waals surface area contributed by atoms with E-state index in [0.717, 1.165) is 11.8 Å². The number of hydrogen-bond donors (Lipinski definition) is 0. The van der Waals surface area contributed by atoms with E-state index in [0.29, 0.717) is 11.8 Å². The fraction of sp³-hybridized carbons (Fsp3) is 0.444. The molecule has 1 nitrogen and oxygen atoms in total. The van der Waals surface area contributed by atoms with Crippen LogP contribution in [0.1, 0.15) is 35.8 Å². The summed E-state index contributed by atoms with van der Waals surface area (Å²) in [4.78, 5) is 2.70. The molecule has 1 heteroatoms. The Morgan fingerprint density at radius 2 is 1.42 bits per heavy atom. The molecule has 2 aliphatic carbocycles. The average Bonchev–Trinajstić information content (AvgIpc) is 3.07. The van der Waals surface area contributed by atoms with Crippen molar-refractivity contribution in [1.82, 2.24) is 0 Å². The normalized spacial score (nSPS) is 37.2. The summed E-state index contributed by atoms with van der Waals surface area (Å²) in [5, 5.41) is 0. The van der Waals surface area contributed by atoms with Gasteiger partial charge in [-0.1, -0.05) is 42.5 Å². The number of para-hydroxylation sites is 1. The first-order valence-electron chi connectivity index (χ1n) is 7.63. The monoisotopic (exact) mass is 249 g/mol. The van der Waals surface area contributed by atoms with E-state index < -0.39 is 0 Å². The molecule has 19 heavy (non-hydrogen) atoms. The Morgan fingerprint density at radius 1 is 0.842 bits per heavy atom. The fourth-order valence-corrected chi connectivity index (χ4v) is 4.81. The minimum atomic E-state index is 0.688.